The molecule has 2 fully saturated rings. The van der Waals surface area contributed by atoms with Crippen LogP contribution in [-0.2, 0) is 16.0 Å². The van der Waals surface area contributed by atoms with Crippen LogP contribution in [0.5, 0.6) is 0 Å². The summed E-state index contributed by atoms with van der Waals surface area (Å²) in [6.45, 7) is 2.36. The third kappa shape index (κ3) is 4.38. The van der Waals surface area contributed by atoms with Crippen molar-refractivity contribution in [2.75, 3.05) is 42.6 Å². The third-order valence-electron chi connectivity index (χ3n) is 4.81. The van der Waals surface area contributed by atoms with E-state index in [2.05, 4.69) is 9.88 Å². The van der Waals surface area contributed by atoms with Crippen LogP contribution in [0.1, 0.15) is 18.4 Å². The van der Waals surface area contributed by atoms with E-state index in [1.165, 1.54) is 0 Å². The molecule has 0 bridgehead atoms. The van der Waals surface area contributed by atoms with Crippen LogP contribution in [0.25, 0.3) is 0 Å². The molecular formula is C15H19ClF3N3O2S. The summed E-state index contributed by atoms with van der Waals surface area (Å²) in [5.41, 5.74) is -0.856. The van der Waals surface area contributed by atoms with E-state index in [0.717, 1.165) is 25.1 Å². The molecule has 5 nitrogen and oxygen atoms in total. The summed E-state index contributed by atoms with van der Waals surface area (Å²) in [5, 5.41) is -0.00246. The summed E-state index contributed by atoms with van der Waals surface area (Å²) in [7, 11) is -2.90. The van der Waals surface area contributed by atoms with Gasteiger partial charge in [-0.25, -0.2) is 13.4 Å². The summed E-state index contributed by atoms with van der Waals surface area (Å²) in [4.78, 5) is 7.99. The van der Waals surface area contributed by atoms with Gasteiger partial charge in [-0.05, 0) is 18.9 Å². The average Bonchev–Trinajstić information content (AvgIpc) is 2.54. The van der Waals surface area contributed by atoms with Crippen LogP contribution < -0.4 is 4.90 Å². The molecule has 0 amide bonds. The molecule has 0 aliphatic carbocycles. The number of hydrogen-bond donors (Lipinski definition) is 0. The lowest BCUT2D eigenvalue weighted by Crippen LogP contribution is -2.50. The van der Waals surface area contributed by atoms with Crippen LogP contribution in [0.15, 0.2) is 12.3 Å². The lowest BCUT2D eigenvalue weighted by molar-refractivity contribution is -0.137. The van der Waals surface area contributed by atoms with E-state index >= 15 is 0 Å². The minimum absolute atomic E-state index is 0.00246. The first-order valence-electron chi connectivity index (χ1n) is 8.08. The van der Waals surface area contributed by atoms with Gasteiger partial charge in [-0.1, -0.05) is 11.6 Å². The van der Waals surface area contributed by atoms with Crippen LogP contribution >= 0.6 is 11.6 Å². The molecule has 10 heteroatoms. The van der Waals surface area contributed by atoms with Crippen molar-refractivity contribution in [1.29, 1.82) is 0 Å². The van der Waals surface area contributed by atoms with Crippen LogP contribution in [0.4, 0.5) is 19.0 Å². The number of piperidine rings is 1. The van der Waals surface area contributed by atoms with Gasteiger partial charge >= 0.3 is 6.18 Å². The normalized spacial score (nSPS) is 23.0. The zero-order valence-electron chi connectivity index (χ0n) is 13.5. The monoisotopic (exact) mass is 397 g/mol. The van der Waals surface area contributed by atoms with Crippen molar-refractivity contribution >= 4 is 27.3 Å². The number of aromatic nitrogens is 1. The second-order valence-electron chi connectivity index (χ2n) is 6.43. The first-order chi connectivity index (χ1) is 11.7. The molecule has 0 unspecified atom stereocenters. The maximum absolute atomic E-state index is 12.7. The van der Waals surface area contributed by atoms with Gasteiger partial charge in [-0.2, -0.15) is 13.2 Å². The maximum atomic E-state index is 12.7. The topological polar surface area (TPSA) is 53.5 Å². The van der Waals surface area contributed by atoms with Crippen molar-refractivity contribution in [3.05, 3.63) is 22.8 Å². The highest BCUT2D eigenvalue weighted by Gasteiger charge is 2.33. The number of alkyl halides is 3. The van der Waals surface area contributed by atoms with E-state index in [1.807, 2.05) is 4.90 Å². The SMILES string of the molecule is O=S1(=O)CCN(C2CCN(c3ncc(C(F)(F)F)cc3Cl)CC2)CC1. The number of halogens is 4. The lowest BCUT2D eigenvalue weighted by atomic mass is 10.0. The molecule has 3 rings (SSSR count). The number of anilines is 1. The fourth-order valence-electron chi connectivity index (χ4n) is 3.35. The molecule has 2 saturated heterocycles. The predicted octanol–water partition coefficient (Wildman–Crippen LogP) is 2.45. The molecule has 2 aliphatic rings. The molecule has 0 N–H and O–H groups in total. The van der Waals surface area contributed by atoms with E-state index < -0.39 is 21.6 Å². The maximum Gasteiger partial charge on any atom is 0.417 e. The molecule has 140 valence electrons. The smallest absolute Gasteiger partial charge is 0.355 e. The molecule has 0 spiro atoms. The Bertz CT molecular complexity index is 720. The summed E-state index contributed by atoms with van der Waals surface area (Å²) < 4.78 is 61.1. The molecule has 0 saturated carbocycles. The van der Waals surface area contributed by atoms with Gasteiger partial charge in [0.15, 0.2) is 9.84 Å². The van der Waals surface area contributed by atoms with Gasteiger partial charge in [0, 0.05) is 38.4 Å². The quantitative estimate of drug-likeness (QED) is 0.767. The zero-order chi connectivity index (χ0) is 18.2. The minimum atomic E-state index is -4.46. The van der Waals surface area contributed by atoms with E-state index in [9.17, 15) is 21.6 Å². The van der Waals surface area contributed by atoms with Crippen molar-refractivity contribution < 1.29 is 21.6 Å². The van der Waals surface area contributed by atoms with Crippen molar-refractivity contribution in [2.24, 2.45) is 0 Å². The fraction of sp³-hybridized carbons (Fsp3) is 0.667. The summed E-state index contributed by atoms with van der Waals surface area (Å²) in [6.07, 6.45) is -2.04. The van der Waals surface area contributed by atoms with Gasteiger partial charge in [-0.3, -0.25) is 4.90 Å². The highest BCUT2D eigenvalue weighted by molar-refractivity contribution is 7.91. The number of sulfone groups is 1. The highest BCUT2D eigenvalue weighted by Crippen LogP contribution is 2.34. The Morgan fingerprint density at radius 2 is 1.72 bits per heavy atom. The zero-order valence-corrected chi connectivity index (χ0v) is 15.0. The second-order valence-corrected chi connectivity index (χ2v) is 9.14. The van der Waals surface area contributed by atoms with E-state index in [-0.39, 0.29) is 16.5 Å². The van der Waals surface area contributed by atoms with Gasteiger partial charge < -0.3 is 4.90 Å². The van der Waals surface area contributed by atoms with E-state index in [1.54, 1.807) is 0 Å². The number of rotatable bonds is 2. The van der Waals surface area contributed by atoms with Crippen LogP contribution in [0.2, 0.25) is 5.02 Å². The molecule has 3 heterocycles. The summed E-state index contributed by atoms with van der Waals surface area (Å²) in [6, 6.07) is 1.20. The van der Waals surface area contributed by atoms with Gasteiger partial charge in [0.1, 0.15) is 5.82 Å². The largest absolute Gasteiger partial charge is 0.417 e. The van der Waals surface area contributed by atoms with Gasteiger partial charge in [0.2, 0.25) is 0 Å². The van der Waals surface area contributed by atoms with Gasteiger partial charge in [-0.15, -0.1) is 0 Å². The first kappa shape index (κ1) is 18.7. The molecule has 25 heavy (non-hydrogen) atoms. The Morgan fingerprint density at radius 3 is 2.24 bits per heavy atom. The molecule has 0 radical (unpaired) electrons. The molecule has 1 aromatic rings. The number of hydrogen-bond acceptors (Lipinski definition) is 5. The molecule has 1 aromatic heterocycles. The highest BCUT2D eigenvalue weighted by atomic mass is 35.5. The van der Waals surface area contributed by atoms with Crippen LogP contribution in [0.3, 0.4) is 0 Å². The Balaban J connectivity index is 1.61. The third-order valence-corrected chi connectivity index (χ3v) is 6.70. The van der Waals surface area contributed by atoms with Crippen molar-refractivity contribution in [1.82, 2.24) is 9.88 Å². The Kier molecular flexibility index (Phi) is 5.18. The molecule has 2 aliphatic heterocycles. The van der Waals surface area contributed by atoms with E-state index in [0.29, 0.717) is 38.0 Å². The summed E-state index contributed by atoms with van der Waals surface area (Å²) in [5.74, 6) is 0.758. The Labute approximate surface area is 149 Å². The average molecular weight is 398 g/mol. The first-order valence-corrected chi connectivity index (χ1v) is 10.3. The Hall–Kier alpha value is -1.06. The van der Waals surface area contributed by atoms with Crippen molar-refractivity contribution in [2.45, 2.75) is 25.1 Å². The second kappa shape index (κ2) is 6.92. The van der Waals surface area contributed by atoms with Crippen LogP contribution in [0, 0.1) is 0 Å². The fourth-order valence-corrected chi connectivity index (χ4v) is 4.87. The molecule has 0 atom stereocenters. The molecule has 0 aromatic carbocycles. The van der Waals surface area contributed by atoms with Crippen molar-refractivity contribution in [3.8, 4) is 0 Å². The van der Waals surface area contributed by atoms with E-state index in [4.69, 9.17) is 11.6 Å². The number of nitrogens with zero attached hydrogens (tertiary/aromatic N) is 3. The standard InChI is InChI=1S/C15H19ClF3N3O2S/c16-13-9-11(15(17,18)19)10-20-14(13)22-3-1-12(2-4-22)21-5-7-25(23,24)8-6-21/h9-10,12H,1-8H2. The number of pyridine rings is 1. The lowest BCUT2D eigenvalue weighted by Gasteiger charge is -2.40. The van der Waals surface area contributed by atoms with Gasteiger partial charge in [0.25, 0.3) is 0 Å². The molecular weight excluding hydrogens is 379 g/mol. The van der Waals surface area contributed by atoms with Crippen LogP contribution in [-0.4, -0.2) is 62.0 Å². The van der Waals surface area contributed by atoms with Crippen molar-refractivity contribution in [3.63, 3.8) is 0 Å². The Morgan fingerprint density at radius 1 is 1.12 bits per heavy atom. The predicted molar refractivity (Wildman–Crippen MR) is 89.7 cm³/mol. The summed E-state index contributed by atoms with van der Waals surface area (Å²) >= 11 is 6.00. The van der Waals surface area contributed by atoms with Gasteiger partial charge in [0.05, 0.1) is 22.1 Å². The minimum Gasteiger partial charge on any atom is -0.355 e.